The minimum absolute atomic E-state index is 0.0691. The number of thiophene rings is 2. The molecule has 10 aromatic rings. The second kappa shape index (κ2) is 10.8. The Balaban J connectivity index is 1.13. The summed E-state index contributed by atoms with van der Waals surface area (Å²) in [6.07, 6.45) is 0. The van der Waals surface area contributed by atoms with Crippen LogP contribution in [0.4, 0.5) is 11.4 Å². The van der Waals surface area contributed by atoms with E-state index < -0.39 is 0 Å². The molecule has 0 aliphatic carbocycles. The van der Waals surface area contributed by atoms with Gasteiger partial charge in [0.15, 0.2) is 0 Å². The van der Waals surface area contributed by atoms with Crippen LogP contribution in [0.15, 0.2) is 170 Å². The average Bonchev–Trinajstić information content (AvgIpc) is 3.79. The van der Waals surface area contributed by atoms with Gasteiger partial charge >= 0.3 is 6.85 Å². The van der Waals surface area contributed by atoms with Gasteiger partial charge in [-0.25, -0.2) is 0 Å². The Morgan fingerprint density at radius 1 is 0.346 bits per heavy atom. The van der Waals surface area contributed by atoms with Gasteiger partial charge in [0, 0.05) is 62.8 Å². The summed E-state index contributed by atoms with van der Waals surface area (Å²) in [5.41, 5.74) is 15.5. The Morgan fingerprint density at radius 2 is 0.846 bits per heavy atom. The van der Waals surface area contributed by atoms with Gasteiger partial charge in [0.05, 0.1) is 0 Å². The molecule has 0 amide bonds. The molecule has 240 valence electrons. The Bertz CT molecular complexity index is 2900. The first-order chi connectivity index (χ1) is 25.8. The number of nitrogens with zero attached hydrogens (tertiary/aromatic N) is 1. The molecule has 2 aliphatic heterocycles. The van der Waals surface area contributed by atoms with Crippen molar-refractivity contribution in [3.63, 3.8) is 0 Å². The zero-order chi connectivity index (χ0) is 33.9. The lowest BCUT2D eigenvalue weighted by molar-refractivity contribution is 1.35. The standard InChI is InChI=1S/C48H28BNS2/c1-5-19-41-33(11-1)34-12-2-6-20-43(34)50-44-26-24-30(32-16-10-18-38-36-14-4-8-22-46(36)52-48(32)38)28-40(44)39-27-29(23-25-42(39)49(41)50)31-15-9-17-37-35-13-3-7-21-45(35)51-47(31)37/h1-28H. The van der Waals surface area contributed by atoms with Crippen LogP contribution in [0.2, 0.25) is 0 Å². The molecule has 0 atom stereocenters. The average molecular weight is 694 g/mol. The summed E-state index contributed by atoms with van der Waals surface area (Å²) in [4.78, 5) is 2.60. The maximum absolute atomic E-state index is 2.60. The van der Waals surface area contributed by atoms with Crippen LogP contribution in [0, 0.1) is 0 Å². The molecule has 0 saturated heterocycles. The van der Waals surface area contributed by atoms with E-state index in [-0.39, 0.29) is 6.85 Å². The SMILES string of the molecule is c1ccc2c(c1)B1c3ccc(-c4cccc5c4sc4ccccc45)cc3-c3cc(-c4cccc5c4sc4ccccc45)ccc3N1c1ccccc1-2. The number of benzene rings is 8. The third-order valence-electron chi connectivity index (χ3n) is 11.3. The zero-order valence-corrected chi connectivity index (χ0v) is 29.6. The monoisotopic (exact) mass is 693 g/mol. The lowest BCUT2D eigenvalue weighted by Crippen LogP contribution is -2.59. The Labute approximate surface area is 309 Å². The molecule has 2 aliphatic rings. The summed E-state index contributed by atoms with van der Waals surface area (Å²) >= 11 is 3.80. The number of hydrogen-bond donors (Lipinski definition) is 0. The number of para-hydroxylation sites is 1. The van der Waals surface area contributed by atoms with Crippen LogP contribution in [-0.2, 0) is 0 Å². The number of fused-ring (bicyclic) bond motifs is 17. The minimum atomic E-state index is 0.0691. The van der Waals surface area contributed by atoms with Gasteiger partial charge in [-0.1, -0.05) is 133 Å². The third kappa shape index (κ3) is 3.94. The van der Waals surface area contributed by atoms with Crippen LogP contribution in [0.25, 0.3) is 84.9 Å². The summed E-state index contributed by atoms with van der Waals surface area (Å²) in [6.45, 7) is 0.0691. The Kier molecular flexibility index (Phi) is 5.96. The maximum atomic E-state index is 2.60. The summed E-state index contributed by atoms with van der Waals surface area (Å²) in [7, 11) is 0. The van der Waals surface area contributed by atoms with Gasteiger partial charge in [0.2, 0.25) is 0 Å². The molecule has 12 rings (SSSR count). The lowest BCUT2D eigenvalue weighted by Gasteiger charge is -2.43. The highest BCUT2D eigenvalue weighted by molar-refractivity contribution is 7.26. The molecule has 52 heavy (non-hydrogen) atoms. The highest BCUT2D eigenvalue weighted by Crippen LogP contribution is 2.49. The van der Waals surface area contributed by atoms with E-state index in [0.29, 0.717) is 0 Å². The molecule has 0 unspecified atom stereocenters. The first-order valence-corrected chi connectivity index (χ1v) is 19.5. The zero-order valence-electron chi connectivity index (χ0n) is 28.0. The fourth-order valence-electron chi connectivity index (χ4n) is 9.02. The molecular formula is C48H28BNS2. The van der Waals surface area contributed by atoms with Gasteiger partial charge in [0.1, 0.15) is 0 Å². The van der Waals surface area contributed by atoms with Crippen LogP contribution in [0.3, 0.4) is 0 Å². The number of hydrogen-bond acceptors (Lipinski definition) is 3. The van der Waals surface area contributed by atoms with E-state index in [2.05, 4.69) is 175 Å². The minimum Gasteiger partial charge on any atom is -0.376 e. The van der Waals surface area contributed by atoms with E-state index in [9.17, 15) is 0 Å². The lowest BCUT2D eigenvalue weighted by atomic mass is 9.43. The smallest absolute Gasteiger partial charge is 0.329 e. The van der Waals surface area contributed by atoms with Crippen molar-refractivity contribution in [2.75, 3.05) is 4.81 Å². The van der Waals surface area contributed by atoms with Gasteiger partial charge in [-0.3, -0.25) is 0 Å². The molecule has 0 spiro atoms. The largest absolute Gasteiger partial charge is 0.376 e. The first kappa shape index (κ1) is 28.7. The van der Waals surface area contributed by atoms with Gasteiger partial charge in [-0.05, 0) is 80.7 Å². The van der Waals surface area contributed by atoms with E-state index in [0.717, 1.165) is 0 Å². The quantitative estimate of drug-likeness (QED) is 0.163. The second-order valence-electron chi connectivity index (χ2n) is 14.0. The van der Waals surface area contributed by atoms with Crippen molar-refractivity contribution < 1.29 is 0 Å². The molecule has 0 fully saturated rings. The van der Waals surface area contributed by atoms with Gasteiger partial charge in [-0.15, -0.1) is 22.7 Å². The van der Waals surface area contributed by atoms with Gasteiger partial charge in [0.25, 0.3) is 0 Å². The number of rotatable bonds is 2. The van der Waals surface area contributed by atoms with Crippen molar-refractivity contribution in [3.8, 4) is 44.5 Å². The molecule has 4 heteroatoms. The van der Waals surface area contributed by atoms with E-state index in [1.807, 2.05) is 22.7 Å². The van der Waals surface area contributed by atoms with Crippen molar-refractivity contribution >= 4 is 92.2 Å². The van der Waals surface area contributed by atoms with E-state index >= 15 is 0 Å². The van der Waals surface area contributed by atoms with Crippen LogP contribution >= 0.6 is 22.7 Å². The molecule has 0 radical (unpaired) electrons. The highest BCUT2D eigenvalue weighted by atomic mass is 32.1. The molecule has 4 heterocycles. The van der Waals surface area contributed by atoms with Gasteiger partial charge < -0.3 is 4.81 Å². The fourth-order valence-corrected chi connectivity index (χ4v) is 11.5. The molecule has 0 N–H and O–H groups in total. The van der Waals surface area contributed by atoms with E-state index in [1.54, 1.807) is 0 Å². The molecular weight excluding hydrogens is 665 g/mol. The van der Waals surface area contributed by atoms with Crippen molar-refractivity contribution in [2.45, 2.75) is 0 Å². The van der Waals surface area contributed by atoms with Crippen molar-refractivity contribution in [2.24, 2.45) is 0 Å². The van der Waals surface area contributed by atoms with Gasteiger partial charge in [-0.2, -0.15) is 0 Å². The third-order valence-corrected chi connectivity index (χ3v) is 13.7. The van der Waals surface area contributed by atoms with Crippen LogP contribution in [0.5, 0.6) is 0 Å². The summed E-state index contributed by atoms with van der Waals surface area (Å²) in [5, 5.41) is 5.33. The van der Waals surface area contributed by atoms with Crippen molar-refractivity contribution in [1.29, 1.82) is 0 Å². The molecule has 8 aromatic carbocycles. The maximum Gasteiger partial charge on any atom is 0.329 e. The van der Waals surface area contributed by atoms with Crippen molar-refractivity contribution in [3.05, 3.63) is 170 Å². The van der Waals surface area contributed by atoms with Crippen LogP contribution in [-0.4, -0.2) is 6.85 Å². The number of anilines is 2. The molecule has 0 saturated carbocycles. The molecule has 2 aromatic heterocycles. The topological polar surface area (TPSA) is 3.24 Å². The summed E-state index contributed by atoms with van der Waals surface area (Å²) in [5.74, 6) is 0. The summed E-state index contributed by atoms with van der Waals surface area (Å²) in [6, 6.07) is 63.6. The first-order valence-electron chi connectivity index (χ1n) is 17.9. The predicted molar refractivity (Wildman–Crippen MR) is 228 cm³/mol. The van der Waals surface area contributed by atoms with Crippen molar-refractivity contribution in [1.82, 2.24) is 0 Å². The molecule has 1 nitrogen and oxygen atoms in total. The highest BCUT2D eigenvalue weighted by Gasteiger charge is 2.42. The fraction of sp³-hybridized carbons (Fsp3) is 0. The van der Waals surface area contributed by atoms with Crippen LogP contribution < -0.4 is 15.7 Å². The summed E-state index contributed by atoms with van der Waals surface area (Å²) < 4.78 is 5.37. The van der Waals surface area contributed by atoms with E-state index in [1.165, 1.54) is 107 Å². The second-order valence-corrected chi connectivity index (χ2v) is 16.1. The predicted octanol–water partition coefficient (Wildman–Crippen LogP) is 12.7. The Hall–Kier alpha value is -5.94. The Morgan fingerprint density at radius 3 is 1.56 bits per heavy atom. The normalized spacial score (nSPS) is 12.9. The van der Waals surface area contributed by atoms with Crippen LogP contribution in [0.1, 0.15) is 0 Å². The molecule has 0 bridgehead atoms. The van der Waals surface area contributed by atoms with E-state index in [4.69, 9.17) is 0 Å².